The number of hydrogen-bond donors (Lipinski definition) is 1. The largest absolute Gasteiger partial charge is 0.459 e. The molecule has 40 heavy (non-hydrogen) atoms. The predicted molar refractivity (Wildman–Crippen MR) is 148 cm³/mol. The van der Waals surface area contributed by atoms with Crippen LogP contribution in [-0.4, -0.2) is 48.6 Å². The molecule has 7 nitrogen and oxygen atoms in total. The van der Waals surface area contributed by atoms with Gasteiger partial charge in [0.05, 0.1) is 16.8 Å². The van der Waals surface area contributed by atoms with Crippen molar-refractivity contribution in [2.45, 2.75) is 52.7 Å². The summed E-state index contributed by atoms with van der Waals surface area (Å²) in [5, 5.41) is 3.06. The quantitative estimate of drug-likeness (QED) is 0.303. The minimum Gasteiger partial charge on any atom is -0.459 e. The number of rotatable bonds is 9. The van der Waals surface area contributed by atoms with Gasteiger partial charge < -0.3 is 15.0 Å². The molecule has 0 aliphatic carbocycles. The number of nitrogens with zero attached hydrogens (tertiary/aromatic N) is 2. The molecule has 0 bridgehead atoms. The molecule has 0 spiro atoms. The van der Waals surface area contributed by atoms with Crippen molar-refractivity contribution in [3.63, 3.8) is 0 Å². The molecule has 1 aromatic heterocycles. The second-order valence-electron chi connectivity index (χ2n) is 10.8. The summed E-state index contributed by atoms with van der Waals surface area (Å²) in [5.74, 6) is -3.71. The van der Waals surface area contributed by atoms with E-state index in [1.807, 2.05) is 0 Å². The van der Waals surface area contributed by atoms with E-state index in [0.717, 1.165) is 22.8 Å². The highest BCUT2D eigenvalue weighted by Crippen LogP contribution is 2.28. The normalized spacial score (nSPS) is 12.2. The Morgan fingerprint density at radius 2 is 1.65 bits per heavy atom. The van der Waals surface area contributed by atoms with Crippen molar-refractivity contribution in [1.29, 1.82) is 0 Å². The van der Waals surface area contributed by atoms with Crippen LogP contribution in [0.4, 0.5) is 19.0 Å². The third kappa shape index (κ3) is 6.98. The van der Waals surface area contributed by atoms with E-state index in [4.69, 9.17) is 4.74 Å². The lowest BCUT2D eigenvalue weighted by Crippen LogP contribution is -2.40. The fraction of sp³-hybridized carbons (Fsp3) is 0.367. The first-order valence-corrected chi connectivity index (χ1v) is 12.8. The van der Waals surface area contributed by atoms with E-state index in [-0.39, 0.29) is 22.6 Å². The highest BCUT2D eigenvalue weighted by atomic mass is 19.1. The van der Waals surface area contributed by atoms with E-state index in [2.05, 4.69) is 5.32 Å². The monoisotopic (exact) mass is 557 g/mol. The zero-order valence-electron chi connectivity index (χ0n) is 23.7. The van der Waals surface area contributed by atoms with Crippen LogP contribution in [0.25, 0.3) is 5.69 Å². The molecule has 0 radical (unpaired) electrons. The molecule has 3 rings (SSSR count). The third-order valence-electron chi connectivity index (χ3n) is 6.07. The van der Waals surface area contributed by atoms with Crippen molar-refractivity contribution in [3.05, 3.63) is 92.5 Å². The van der Waals surface area contributed by atoms with Gasteiger partial charge in [0.1, 0.15) is 34.9 Å². The molecular weight excluding hydrogens is 523 g/mol. The third-order valence-corrected chi connectivity index (χ3v) is 6.07. The number of anilines is 1. The Morgan fingerprint density at radius 3 is 2.23 bits per heavy atom. The number of hydrogen-bond acceptors (Lipinski definition) is 6. The Bertz CT molecular complexity index is 1470. The number of carbonyl (C=O) groups is 2. The Kier molecular flexibility index (Phi) is 9.25. The number of aromatic nitrogens is 1. The van der Waals surface area contributed by atoms with Gasteiger partial charge in [0, 0.05) is 26.2 Å². The SMILES string of the molecule is Cc1cc(CCN[C@@H](C)C(=O)OC(C)(C)C)cc(F)c1-n1c(N(C)C)c(C(=O)c2ccc(F)cc2F)ccc1=O. The van der Waals surface area contributed by atoms with Crippen LogP contribution in [0.2, 0.25) is 0 Å². The second-order valence-corrected chi connectivity index (χ2v) is 10.8. The predicted octanol–water partition coefficient (Wildman–Crippen LogP) is 4.72. The van der Waals surface area contributed by atoms with Gasteiger partial charge in [-0.25, -0.2) is 13.2 Å². The number of nitrogens with one attached hydrogen (secondary N) is 1. The Labute approximate surface area is 231 Å². The molecule has 1 heterocycles. The standard InChI is InChI=1S/C30H34F3N3O4/c1-17-14-19(12-13-34-18(2)29(39)40-30(3,4)5)15-24(33)26(17)36-25(37)11-10-22(28(36)35(6)7)27(38)21-9-8-20(31)16-23(21)32/h8-11,14-16,18,34H,12-13H2,1-7H3/t18-/m0/s1. The van der Waals surface area contributed by atoms with Crippen LogP contribution >= 0.6 is 0 Å². The number of esters is 1. The molecule has 0 amide bonds. The van der Waals surface area contributed by atoms with E-state index >= 15 is 4.39 Å². The molecule has 1 atom stereocenters. The van der Waals surface area contributed by atoms with E-state index in [0.29, 0.717) is 30.2 Å². The van der Waals surface area contributed by atoms with Gasteiger partial charge in [0.2, 0.25) is 0 Å². The Balaban J connectivity index is 1.96. The second kappa shape index (κ2) is 12.1. The first-order chi connectivity index (χ1) is 18.6. The lowest BCUT2D eigenvalue weighted by atomic mass is 10.0. The topological polar surface area (TPSA) is 80.6 Å². The summed E-state index contributed by atoms with van der Waals surface area (Å²) < 4.78 is 49.9. The number of benzene rings is 2. The van der Waals surface area contributed by atoms with Crippen LogP contribution in [0.15, 0.2) is 47.3 Å². The van der Waals surface area contributed by atoms with Gasteiger partial charge in [-0.3, -0.25) is 19.0 Å². The maximum absolute atomic E-state index is 15.6. The molecule has 2 aromatic carbocycles. The summed E-state index contributed by atoms with van der Waals surface area (Å²) in [7, 11) is 3.14. The minimum atomic E-state index is -1.05. The van der Waals surface area contributed by atoms with Gasteiger partial charge in [-0.15, -0.1) is 0 Å². The molecule has 10 heteroatoms. The van der Waals surface area contributed by atoms with Gasteiger partial charge in [0.25, 0.3) is 5.56 Å². The summed E-state index contributed by atoms with van der Waals surface area (Å²) in [5.41, 5.74) is -0.639. The van der Waals surface area contributed by atoms with Crippen molar-refractivity contribution >= 4 is 17.6 Å². The van der Waals surface area contributed by atoms with E-state index in [1.54, 1.807) is 54.8 Å². The van der Waals surface area contributed by atoms with Crippen molar-refractivity contribution < 1.29 is 27.5 Å². The fourth-order valence-electron chi connectivity index (χ4n) is 4.32. The van der Waals surface area contributed by atoms with E-state index < -0.39 is 46.4 Å². The van der Waals surface area contributed by atoms with Gasteiger partial charge in [0.15, 0.2) is 5.78 Å². The van der Waals surface area contributed by atoms with Crippen LogP contribution in [-0.2, 0) is 16.0 Å². The lowest BCUT2D eigenvalue weighted by molar-refractivity contribution is -0.156. The average molecular weight is 558 g/mol. The van der Waals surface area contributed by atoms with Crippen LogP contribution in [0.1, 0.15) is 54.7 Å². The van der Waals surface area contributed by atoms with Gasteiger partial charge in [-0.1, -0.05) is 6.07 Å². The van der Waals surface area contributed by atoms with Crippen LogP contribution in [0.3, 0.4) is 0 Å². The number of halogens is 3. The maximum atomic E-state index is 15.6. The number of aryl methyl sites for hydroxylation is 1. The smallest absolute Gasteiger partial charge is 0.323 e. The molecule has 0 saturated heterocycles. The Hall–Kier alpha value is -3.92. The lowest BCUT2D eigenvalue weighted by Gasteiger charge is -2.24. The highest BCUT2D eigenvalue weighted by Gasteiger charge is 2.25. The fourth-order valence-corrected chi connectivity index (χ4v) is 4.32. The van der Waals surface area contributed by atoms with Crippen molar-refractivity contribution in [2.24, 2.45) is 0 Å². The average Bonchev–Trinajstić information content (AvgIpc) is 2.82. The van der Waals surface area contributed by atoms with Crippen molar-refractivity contribution in [3.8, 4) is 5.69 Å². The maximum Gasteiger partial charge on any atom is 0.323 e. The number of pyridine rings is 1. The molecule has 0 saturated carbocycles. The molecule has 0 aliphatic heterocycles. The van der Waals surface area contributed by atoms with E-state index in [1.165, 1.54) is 17.0 Å². The summed E-state index contributed by atoms with van der Waals surface area (Å²) in [6.07, 6.45) is 0.392. The molecule has 214 valence electrons. The number of ketones is 1. The van der Waals surface area contributed by atoms with Crippen LogP contribution < -0.4 is 15.8 Å². The van der Waals surface area contributed by atoms with Gasteiger partial charge in [-0.05, 0) is 83.0 Å². The highest BCUT2D eigenvalue weighted by molar-refractivity contribution is 6.12. The first-order valence-electron chi connectivity index (χ1n) is 12.8. The van der Waals surface area contributed by atoms with Crippen molar-refractivity contribution in [1.82, 2.24) is 9.88 Å². The summed E-state index contributed by atoms with van der Waals surface area (Å²) in [6.45, 7) is 9.04. The zero-order chi connectivity index (χ0) is 29.9. The zero-order valence-corrected chi connectivity index (χ0v) is 23.7. The molecule has 0 unspecified atom stereocenters. The van der Waals surface area contributed by atoms with Gasteiger partial charge >= 0.3 is 5.97 Å². The Morgan fingerprint density at radius 1 is 1.00 bits per heavy atom. The molecule has 0 fully saturated rings. The van der Waals surface area contributed by atoms with Crippen LogP contribution in [0.5, 0.6) is 0 Å². The minimum absolute atomic E-state index is 0.0452. The van der Waals surface area contributed by atoms with Crippen molar-refractivity contribution in [2.75, 3.05) is 25.5 Å². The summed E-state index contributed by atoms with van der Waals surface area (Å²) in [6, 6.07) is 7.41. The molecule has 3 aromatic rings. The summed E-state index contributed by atoms with van der Waals surface area (Å²) in [4.78, 5) is 40.0. The molecular formula is C30H34F3N3O4. The first kappa shape index (κ1) is 30.6. The molecule has 1 N–H and O–H groups in total. The number of carbonyl (C=O) groups excluding carboxylic acids is 2. The van der Waals surface area contributed by atoms with Crippen LogP contribution in [0, 0.1) is 24.4 Å². The van der Waals surface area contributed by atoms with Gasteiger partial charge in [-0.2, -0.15) is 0 Å². The number of ether oxygens (including phenoxy) is 1. The summed E-state index contributed by atoms with van der Waals surface area (Å²) >= 11 is 0. The molecule has 0 aliphatic rings. The van der Waals surface area contributed by atoms with E-state index in [9.17, 15) is 23.2 Å².